The number of Topliss-reactive ketones (excluding diaryl/α,β-unsaturated/α-hetero) is 1. The number of fused-ring (bicyclic) bond motifs is 14. The van der Waals surface area contributed by atoms with Crippen LogP contribution in [0.5, 0.6) is 0 Å². The van der Waals surface area contributed by atoms with Gasteiger partial charge in [-0.2, -0.15) is 0 Å². The highest BCUT2D eigenvalue weighted by atomic mass is 32.1. The van der Waals surface area contributed by atoms with Crippen LogP contribution in [0, 0.1) is 18.8 Å². The molecule has 1 saturated carbocycles. The van der Waals surface area contributed by atoms with Crippen molar-refractivity contribution in [3.05, 3.63) is 111 Å². The van der Waals surface area contributed by atoms with Gasteiger partial charge in [-0.25, -0.2) is 44.6 Å². The van der Waals surface area contributed by atoms with Crippen molar-refractivity contribution in [1.29, 1.82) is 0 Å². The van der Waals surface area contributed by atoms with E-state index in [2.05, 4.69) is 26.3 Å². The molecule has 2 aliphatic rings. The molecular formula is C59H60N12O12S6. The van der Waals surface area contributed by atoms with Gasteiger partial charge in [0.15, 0.2) is 5.78 Å². The normalized spacial score (nSPS) is 18.7. The van der Waals surface area contributed by atoms with Crippen LogP contribution in [-0.4, -0.2) is 126 Å². The van der Waals surface area contributed by atoms with Crippen molar-refractivity contribution in [2.24, 2.45) is 11.8 Å². The lowest BCUT2D eigenvalue weighted by atomic mass is 9.87. The number of carbonyl (C=O) groups is 8. The molecule has 10 bridgehead atoms. The van der Waals surface area contributed by atoms with Crippen LogP contribution in [0.1, 0.15) is 145 Å². The van der Waals surface area contributed by atoms with Crippen LogP contribution >= 0.6 is 68.0 Å². The minimum atomic E-state index is -1.32. The lowest BCUT2D eigenvalue weighted by Gasteiger charge is -2.28. The number of nitrogens with one attached hydrogen (secondary N) is 4. The third-order valence-corrected chi connectivity index (χ3v) is 20.8. The molecule has 0 radical (unpaired) electrons. The van der Waals surface area contributed by atoms with Crippen LogP contribution in [-0.2, 0) is 35.3 Å². The molecule has 1 aromatic carbocycles. The van der Waals surface area contributed by atoms with Crippen molar-refractivity contribution in [1.82, 2.24) is 56.2 Å². The molecule has 89 heavy (non-hydrogen) atoms. The second kappa shape index (κ2) is 28.1. The second-order valence-electron chi connectivity index (χ2n) is 21.4. The van der Waals surface area contributed by atoms with E-state index in [0.29, 0.717) is 93.8 Å². The Morgan fingerprint density at radius 3 is 2.13 bits per heavy atom. The predicted molar refractivity (Wildman–Crippen MR) is 337 cm³/mol. The number of thiazole rings is 6. The number of pyridine rings is 1. The topological polar surface area (TPSA) is 337 Å². The first-order chi connectivity index (χ1) is 42.7. The third-order valence-electron chi connectivity index (χ3n) is 15.0. The van der Waals surface area contributed by atoms with E-state index in [4.69, 9.17) is 39.4 Å². The quantitative estimate of drug-likeness (QED) is 0.0625. The summed E-state index contributed by atoms with van der Waals surface area (Å²) in [5.41, 5.74) is 3.09. The summed E-state index contributed by atoms with van der Waals surface area (Å²) in [4.78, 5) is 144. The zero-order valence-electron chi connectivity index (χ0n) is 48.8. The van der Waals surface area contributed by atoms with E-state index in [-0.39, 0.29) is 60.0 Å². The molecule has 7 aromatic heterocycles. The summed E-state index contributed by atoms with van der Waals surface area (Å²) in [5.74, 6) is -6.18. The summed E-state index contributed by atoms with van der Waals surface area (Å²) in [5, 5.41) is 40.0. The molecule has 8 heterocycles. The van der Waals surface area contributed by atoms with Crippen LogP contribution in [0.2, 0.25) is 0 Å². The number of rotatable bonds is 13. The first kappa shape index (κ1) is 63.9. The van der Waals surface area contributed by atoms with Gasteiger partial charge in [0, 0.05) is 64.4 Å². The molecule has 10 rings (SSSR count). The number of anilines is 1. The molecule has 1 unspecified atom stereocenters. The van der Waals surface area contributed by atoms with Crippen molar-refractivity contribution in [3.8, 4) is 43.4 Å². The SMILES string of the molecule is CNC(=O)C[C@@H]1NC(=O)c2csc(n2)-c2ccc(-c3nc(N(CC(=O)O)C(=O)OC4CCC(C(=O)O)CC4)cs3)nc2-c2csc(n2)-c2csc(n2)[C@H]([C@@H](C)c2ccccc2)NC(=O)CNC(=O)c2nc(sc2COC)C(C(C)C)CC(=O)c2nc1sc2C. The Bertz CT molecular complexity index is 3960. The van der Waals surface area contributed by atoms with Gasteiger partial charge in [0.1, 0.15) is 77.7 Å². The number of carbonyl (C=O) groups excluding carboxylic acids is 6. The van der Waals surface area contributed by atoms with Gasteiger partial charge in [0.2, 0.25) is 11.8 Å². The number of aryl methyl sites for hydroxylation is 1. The predicted octanol–water partition coefficient (Wildman–Crippen LogP) is 9.94. The number of benzene rings is 1. The summed E-state index contributed by atoms with van der Waals surface area (Å²) in [6.07, 6.45) is -0.621. The number of hydrogen-bond acceptors (Lipinski definition) is 23. The summed E-state index contributed by atoms with van der Waals surface area (Å²) in [6.45, 7) is 6.46. The molecule has 4 atom stereocenters. The Labute approximate surface area is 533 Å². The van der Waals surface area contributed by atoms with E-state index >= 15 is 0 Å². The van der Waals surface area contributed by atoms with Crippen LogP contribution in [0.4, 0.5) is 10.6 Å². The Kier molecular flexibility index (Phi) is 20.2. The third kappa shape index (κ3) is 14.8. The van der Waals surface area contributed by atoms with Gasteiger partial charge >= 0.3 is 18.0 Å². The highest BCUT2D eigenvalue weighted by Gasteiger charge is 2.35. The molecule has 1 fully saturated rings. The molecule has 1 aliphatic heterocycles. The fourth-order valence-corrected chi connectivity index (χ4v) is 15.9. The number of hydrogen-bond donors (Lipinski definition) is 6. The maximum atomic E-state index is 14.4. The molecule has 5 amide bonds. The van der Waals surface area contributed by atoms with Gasteiger partial charge in [0.25, 0.3) is 11.8 Å². The molecular weight excluding hydrogens is 1260 g/mol. The van der Waals surface area contributed by atoms with Crippen LogP contribution in [0.25, 0.3) is 43.4 Å². The average Bonchev–Trinajstić information content (AvgIpc) is 2.72. The summed E-state index contributed by atoms with van der Waals surface area (Å²) < 4.78 is 11.2. The maximum absolute atomic E-state index is 14.4. The molecule has 8 aromatic rings. The van der Waals surface area contributed by atoms with E-state index in [0.717, 1.165) is 33.1 Å². The summed E-state index contributed by atoms with van der Waals surface area (Å²) in [7, 11) is 2.97. The van der Waals surface area contributed by atoms with E-state index in [1.807, 2.05) is 56.5 Å². The van der Waals surface area contributed by atoms with Crippen LogP contribution in [0.3, 0.4) is 0 Å². The molecule has 6 N–H and O–H groups in total. The zero-order valence-corrected chi connectivity index (χ0v) is 53.7. The largest absolute Gasteiger partial charge is 0.481 e. The Balaban J connectivity index is 1.04. The van der Waals surface area contributed by atoms with Gasteiger partial charge in [-0.15, -0.1) is 68.0 Å². The number of carboxylic acids is 2. The Hall–Kier alpha value is -8.13. The number of aromatic nitrogens is 7. The molecule has 1 aliphatic carbocycles. The van der Waals surface area contributed by atoms with E-state index < -0.39 is 84.8 Å². The van der Waals surface area contributed by atoms with E-state index in [1.165, 1.54) is 64.9 Å². The first-order valence-corrected chi connectivity index (χ1v) is 33.3. The fourth-order valence-electron chi connectivity index (χ4n) is 10.2. The Morgan fingerprint density at radius 2 is 1.42 bits per heavy atom. The first-order valence-electron chi connectivity index (χ1n) is 28.2. The lowest BCUT2D eigenvalue weighted by Crippen LogP contribution is -2.40. The number of amides is 5. The minimum absolute atomic E-state index is 0.00448. The monoisotopic (exact) mass is 1320 g/mol. The number of nitrogens with zero attached hydrogens (tertiary/aromatic N) is 8. The molecule has 24 nitrogen and oxygen atoms in total. The van der Waals surface area contributed by atoms with Gasteiger partial charge in [0.05, 0.1) is 53.2 Å². The highest BCUT2D eigenvalue weighted by Crippen LogP contribution is 2.41. The van der Waals surface area contributed by atoms with E-state index in [1.54, 1.807) is 29.8 Å². The standard InChI is InChI=1S/C59H60N12O12S6/c1-27(2)34-18-40(72)47-29(4)88-56(69-47)36(19-43(73)60-5)63-50(77)38-24-84-52(65-38)33-16-17-35(54-67-42(26-87-54)71(21-45(75)76)59(81)83-32-14-12-31(13-15-32)58(79)80)62-48(33)37-23-85-55(64-37)39-25-86-57(66-39)46(28(3)30-10-8-7-9-11-30)68-44(74)20-61-51(78)49-41(22-82-6)89-53(34)70-49/h7-11,16-17,23-28,31-32,34,36,46H,12-15,18-22H2,1-6H3,(H,60,73)(H,61,78)(H,63,77)(H,68,74)(H,75,76)(H,79,80)/t28-,31?,32?,34?,36-,46-/m0/s1. The van der Waals surface area contributed by atoms with Crippen molar-refractivity contribution in [2.45, 2.75) is 103 Å². The Morgan fingerprint density at radius 1 is 0.719 bits per heavy atom. The second-order valence-corrected chi connectivity index (χ2v) is 27.3. The van der Waals surface area contributed by atoms with Crippen LogP contribution < -0.4 is 26.2 Å². The van der Waals surface area contributed by atoms with Gasteiger partial charge in [-0.3, -0.25) is 33.6 Å². The van der Waals surface area contributed by atoms with Gasteiger partial charge < -0.3 is 41.0 Å². The molecule has 0 spiro atoms. The van der Waals surface area contributed by atoms with Crippen molar-refractivity contribution >= 4 is 121 Å². The molecule has 464 valence electrons. The summed E-state index contributed by atoms with van der Waals surface area (Å²) >= 11 is 7.25. The number of methoxy groups -OCH3 is 1. The molecule has 0 saturated heterocycles. The van der Waals surface area contributed by atoms with Gasteiger partial charge in [-0.1, -0.05) is 51.1 Å². The highest BCUT2D eigenvalue weighted by molar-refractivity contribution is 7.15. The number of carboxylic acid groups (broad SMARTS) is 2. The van der Waals surface area contributed by atoms with E-state index in [9.17, 15) is 48.6 Å². The summed E-state index contributed by atoms with van der Waals surface area (Å²) in [6, 6.07) is 11.4. The van der Waals surface area contributed by atoms with Crippen molar-refractivity contribution < 1.29 is 58.0 Å². The van der Waals surface area contributed by atoms with Crippen molar-refractivity contribution in [2.75, 3.05) is 32.1 Å². The number of ether oxygens (including phenoxy) is 2. The van der Waals surface area contributed by atoms with Crippen LogP contribution in [0.15, 0.2) is 64.0 Å². The maximum Gasteiger partial charge on any atom is 0.416 e. The van der Waals surface area contributed by atoms with Gasteiger partial charge in [-0.05, 0) is 56.2 Å². The average molecular weight is 1320 g/mol. The fraction of sp³-hybridized carbons (Fsp3) is 0.373. The number of aliphatic carboxylic acids is 2. The van der Waals surface area contributed by atoms with Crippen molar-refractivity contribution in [3.63, 3.8) is 0 Å². The molecule has 30 heteroatoms. The number of ketones is 1. The zero-order chi connectivity index (χ0) is 63.2. The smallest absolute Gasteiger partial charge is 0.416 e. The minimum Gasteiger partial charge on any atom is -0.481 e. The lowest BCUT2D eigenvalue weighted by molar-refractivity contribution is -0.143.